The average Bonchev–Trinajstić information content (AvgIpc) is 2.92. The molecule has 1 aromatic carbocycles. The fourth-order valence-electron chi connectivity index (χ4n) is 5.77. The fourth-order valence-corrected chi connectivity index (χ4v) is 5.77. The van der Waals surface area contributed by atoms with E-state index in [1.807, 2.05) is 18.2 Å². The number of carbonyl (C=O) groups is 2. The molecule has 33 heavy (non-hydrogen) atoms. The maximum absolute atomic E-state index is 13.0. The van der Waals surface area contributed by atoms with Crippen LogP contribution in [0.1, 0.15) is 67.8 Å². The van der Waals surface area contributed by atoms with Crippen LogP contribution in [0.4, 0.5) is 0 Å². The summed E-state index contributed by atoms with van der Waals surface area (Å²) in [6, 6.07) is 5.77. The number of fused-ring (bicyclic) bond motifs is 1. The summed E-state index contributed by atoms with van der Waals surface area (Å²) in [6.07, 6.45) is 7.71. The van der Waals surface area contributed by atoms with Crippen molar-refractivity contribution in [1.29, 1.82) is 0 Å². The predicted octanol–water partition coefficient (Wildman–Crippen LogP) is 3.24. The highest BCUT2D eigenvalue weighted by atomic mass is 16.5. The highest BCUT2D eigenvalue weighted by Gasteiger charge is 2.40. The molecule has 1 saturated carbocycles. The Morgan fingerprint density at radius 1 is 1.12 bits per heavy atom. The zero-order valence-electron chi connectivity index (χ0n) is 19.6. The van der Waals surface area contributed by atoms with Gasteiger partial charge in [-0.15, -0.1) is 0 Å². The molecule has 7 nitrogen and oxygen atoms in total. The Balaban J connectivity index is 1.27. The molecule has 5 rings (SSSR count). The highest BCUT2D eigenvalue weighted by Crippen LogP contribution is 2.34. The van der Waals surface area contributed by atoms with Crippen LogP contribution in [0.3, 0.4) is 0 Å². The van der Waals surface area contributed by atoms with Gasteiger partial charge >= 0.3 is 0 Å². The van der Waals surface area contributed by atoms with Crippen molar-refractivity contribution in [3.8, 4) is 5.75 Å². The lowest BCUT2D eigenvalue weighted by atomic mass is 9.98. The molecule has 7 heteroatoms. The van der Waals surface area contributed by atoms with Gasteiger partial charge in [-0.3, -0.25) is 14.5 Å². The van der Waals surface area contributed by atoms with E-state index in [1.165, 1.54) is 19.3 Å². The number of hydrogen-bond donors (Lipinski definition) is 1. The summed E-state index contributed by atoms with van der Waals surface area (Å²) in [7, 11) is 0. The van der Waals surface area contributed by atoms with Crippen LogP contribution >= 0.6 is 0 Å². The highest BCUT2D eigenvalue weighted by molar-refractivity contribution is 6.01. The molecule has 0 bridgehead atoms. The van der Waals surface area contributed by atoms with Crippen molar-refractivity contribution in [1.82, 2.24) is 15.1 Å². The Morgan fingerprint density at radius 2 is 1.94 bits per heavy atom. The first-order valence-electron chi connectivity index (χ1n) is 12.5. The standard InChI is InChI=1S/C26H35N3O4/c1-3-32-20-15-28(16-20)22-7-5-4-6-8-24(22)33-19-10-11-21-18(13-19)14-29(26(21)31)23-12-9-17(2)27-25(23)30/h10-11,13,20,22-24H,2-9,12,14-16H2,1H3,(H,27,30)/t22-,23?,24-/m0/s1. The number of hydrogen-bond acceptors (Lipinski definition) is 5. The van der Waals surface area contributed by atoms with E-state index in [2.05, 4.69) is 23.7 Å². The number of piperidine rings is 1. The smallest absolute Gasteiger partial charge is 0.255 e. The maximum Gasteiger partial charge on any atom is 0.255 e. The fraction of sp³-hybridized carbons (Fsp3) is 0.615. The minimum absolute atomic E-state index is 0.0703. The molecule has 1 unspecified atom stereocenters. The molecule has 2 amide bonds. The second-order valence-corrected chi connectivity index (χ2v) is 9.79. The summed E-state index contributed by atoms with van der Waals surface area (Å²) in [5.41, 5.74) is 2.35. The Labute approximate surface area is 196 Å². The number of likely N-dealkylation sites (tertiary alicyclic amines) is 1. The molecule has 3 atom stereocenters. The third-order valence-electron chi connectivity index (χ3n) is 7.56. The van der Waals surface area contributed by atoms with E-state index in [0.717, 1.165) is 49.5 Å². The van der Waals surface area contributed by atoms with Crippen molar-refractivity contribution in [3.05, 3.63) is 41.6 Å². The zero-order chi connectivity index (χ0) is 22.9. The molecule has 178 valence electrons. The Morgan fingerprint density at radius 3 is 2.73 bits per heavy atom. The molecule has 1 aromatic rings. The zero-order valence-corrected chi connectivity index (χ0v) is 19.6. The van der Waals surface area contributed by atoms with E-state index in [9.17, 15) is 9.59 Å². The molecule has 0 aromatic heterocycles. The van der Waals surface area contributed by atoms with Crippen molar-refractivity contribution in [2.45, 2.75) is 82.7 Å². The predicted molar refractivity (Wildman–Crippen MR) is 125 cm³/mol. The number of carbonyl (C=O) groups excluding carboxylic acids is 2. The van der Waals surface area contributed by atoms with Gasteiger partial charge in [0.1, 0.15) is 17.9 Å². The van der Waals surface area contributed by atoms with Crippen molar-refractivity contribution in [2.24, 2.45) is 0 Å². The molecule has 1 aliphatic carbocycles. The number of allylic oxidation sites excluding steroid dienone is 1. The lowest BCUT2D eigenvalue weighted by Crippen LogP contribution is -2.60. The lowest BCUT2D eigenvalue weighted by molar-refractivity contribution is -0.126. The largest absolute Gasteiger partial charge is 0.489 e. The number of nitrogens with zero attached hydrogens (tertiary/aromatic N) is 2. The number of amides is 2. The molecule has 3 fully saturated rings. The van der Waals surface area contributed by atoms with Crippen molar-refractivity contribution in [2.75, 3.05) is 19.7 Å². The van der Waals surface area contributed by atoms with Gasteiger partial charge in [-0.05, 0) is 62.8 Å². The molecular weight excluding hydrogens is 418 g/mol. The summed E-state index contributed by atoms with van der Waals surface area (Å²) >= 11 is 0. The number of nitrogens with one attached hydrogen (secondary N) is 1. The summed E-state index contributed by atoms with van der Waals surface area (Å²) in [6.45, 7) is 9.09. The number of ether oxygens (including phenoxy) is 2. The Kier molecular flexibility index (Phi) is 6.43. The van der Waals surface area contributed by atoms with Crippen molar-refractivity contribution in [3.63, 3.8) is 0 Å². The van der Waals surface area contributed by atoms with E-state index >= 15 is 0 Å². The Bertz CT molecular complexity index is 926. The number of rotatable bonds is 6. The first kappa shape index (κ1) is 22.4. The van der Waals surface area contributed by atoms with Gasteiger partial charge < -0.3 is 19.7 Å². The molecule has 1 N–H and O–H groups in total. The van der Waals surface area contributed by atoms with Gasteiger partial charge in [0.25, 0.3) is 5.91 Å². The topological polar surface area (TPSA) is 71.1 Å². The average molecular weight is 454 g/mol. The van der Waals surface area contributed by atoms with Crippen LogP contribution in [0, 0.1) is 0 Å². The quantitative estimate of drug-likeness (QED) is 0.670. The van der Waals surface area contributed by atoms with Gasteiger partial charge in [0, 0.05) is 43.5 Å². The van der Waals surface area contributed by atoms with Gasteiger partial charge in [0.05, 0.1) is 6.10 Å². The SMILES string of the molecule is C=C1CCC(N2Cc3cc(O[C@H]4CCCCC[C@@H]4N4CC(OCC)C4)ccc3C2=O)C(=O)N1. The first-order valence-corrected chi connectivity index (χ1v) is 12.5. The Hall–Kier alpha value is -2.38. The van der Waals surface area contributed by atoms with E-state index in [4.69, 9.17) is 9.47 Å². The third-order valence-corrected chi connectivity index (χ3v) is 7.56. The molecule has 2 saturated heterocycles. The molecule has 3 aliphatic heterocycles. The van der Waals surface area contributed by atoms with Crippen LogP contribution in [0.25, 0.3) is 0 Å². The van der Waals surface area contributed by atoms with Gasteiger partial charge in [0.2, 0.25) is 5.91 Å². The monoisotopic (exact) mass is 453 g/mol. The van der Waals surface area contributed by atoms with Crippen LogP contribution in [0.15, 0.2) is 30.5 Å². The van der Waals surface area contributed by atoms with Crippen LogP contribution in [0.2, 0.25) is 0 Å². The second kappa shape index (κ2) is 9.47. The first-order chi connectivity index (χ1) is 16.0. The molecule has 0 radical (unpaired) electrons. The van der Waals surface area contributed by atoms with E-state index in [1.54, 1.807) is 4.90 Å². The second-order valence-electron chi connectivity index (χ2n) is 9.79. The van der Waals surface area contributed by atoms with Crippen molar-refractivity contribution < 1.29 is 19.1 Å². The van der Waals surface area contributed by atoms with Gasteiger partial charge in [-0.2, -0.15) is 0 Å². The lowest BCUT2D eigenvalue weighted by Gasteiger charge is -2.46. The molecule has 0 spiro atoms. The molecule has 3 heterocycles. The summed E-state index contributed by atoms with van der Waals surface area (Å²) in [5, 5.41) is 2.80. The van der Waals surface area contributed by atoms with Gasteiger partial charge in [0.15, 0.2) is 0 Å². The van der Waals surface area contributed by atoms with Crippen LogP contribution < -0.4 is 10.1 Å². The van der Waals surface area contributed by atoms with Gasteiger partial charge in [-0.1, -0.05) is 19.4 Å². The van der Waals surface area contributed by atoms with Crippen LogP contribution in [-0.4, -0.2) is 65.6 Å². The van der Waals surface area contributed by atoms with Crippen molar-refractivity contribution >= 4 is 11.8 Å². The van der Waals surface area contributed by atoms with Crippen LogP contribution in [-0.2, 0) is 16.1 Å². The minimum atomic E-state index is -0.435. The normalized spacial score (nSPS) is 28.8. The number of benzene rings is 1. The van der Waals surface area contributed by atoms with Crippen LogP contribution in [0.5, 0.6) is 5.75 Å². The van der Waals surface area contributed by atoms with E-state index in [-0.39, 0.29) is 17.9 Å². The molecule has 4 aliphatic rings. The van der Waals surface area contributed by atoms with E-state index < -0.39 is 6.04 Å². The molecular formula is C26H35N3O4. The summed E-state index contributed by atoms with van der Waals surface area (Å²) in [5.74, 6) is 0.618. The maximum atomic E-state index is 13.0. The third kappa shape index (κ3) is 4.53. The summed E-state index contributed by atoms with van der Waals surface area (Å²) < 4.78 is 12.3. The minimum Gasteiger partial charge on any atom is -0.489 e. The van der Waals surface area contributed by atoms with Gasteiger partial charge in [-0.25, -0.2) is 0 Å². The summed E-state index contributed by atoms with van der Waals surface area (Å²) in [4.78, 5) is 29.7. The van der Waals surface area contributed by atoms with E-state index in [0.29, 0.717) is 37.1 Å².